The number of amides is 2. The van der Waals surface area contributed by atoms with E-state index >= 15 is 0 Å². The minimum atomic E-state index is -0.642. The van der Waals surface area contributed by atoms with E-state index in [1.54, 1.807) is 0 Å². The molecule has 2 aromatic rings. The fraction of sp³-hybridized carbons (Fsp3) is 0.462. The lowest BCUT2D eigenvalue weighted by molar-refractivity contribution is -0.116. The van der Waals surface area contributed by atoms with Gasteiger partial charge in [-0.1, -0.05) is 85.2 Å². The average Bonchev–Trinajstić information content (AvgIpc) is 3.25. The van der Waals surface area contributed by atoms with Crippen LogP contribution in [0.4, 0.5) is 13.6 Å². The molecule has 1 heterocycles. The first-order chi connectivity index (χ1) is 16.1. The predicted octanol–water partition coefficient (Wildman–Crippen LogP) is 7.56. The number of nitrogens with zero attached hydrogens (tertiary/aromatic N) is 1. The number of halogens is 2. The van der Waals surface area contributed by atoms with Gasteiger partial charge in [0.05, 0.1) is 6.61 Å². The number of ether oxygens (including phenoxy) is 2. The van der Waals surface area contributed by atoms with Crippen molar-refractivity contribution in [3.05, 3.63) is 65.7 Å². The molecule has 0 bridgehead atoms. The van der Waals surface area contributed by atoms with Gasteiger partial charge in [0.2, 0.25) is 6.41 Å². The first-order valence-electron chi connectivity index (χ1n) is 11.6. The highest BCUT2D eigenvalue weighted by atomic mass is 19.1. The summed E-state index contributed by atoms with van der Waals surface area (Å²) in [5, 5.41) is 0. The third-order valence-corrected chi connectivity index (χ3v) is 3.86. The van der Waals surface area contributed by atoms with Crippen LogP contribution in [-0.4, -0.2) is 30.6 Å². The van der Waals surface area contributed by atoms with Crippen LogP contribution in [0.25, 0.3) is 0 Å². The maximum absolute atomic E-state index is 12.9. The lowest BCUT2D eigenvalue weighted by atomic mass is 10.1. The molecule has 1 atom stereocenters. The number of hydrogen-bond donors (Lipinski definition) is 0. The molecule has 3 rings (SSSR count). The lowest BCUT2D eigenvalue weighted by Gasteiger charge is -2.14. The molecule has 1 aliphatic rings. The fourth-order valence-electron chi connectivity index (χ4n) is 2.40. The second-order valence-electron chi connectivity index (χ2n) is 5.79. The summed E-state index contributed by atoms with van der Waals surface area (Å²) in [5.74, 6) is -1.11. The maximum atomic E-state index is 12.9. The zero-order chi connectivity index (χ0) is 25.6. The molecule has 1 unspecified atom stereocenters. The van der Waals surface area contributed by atoms with Gasteiger partial charge in [-0.05, 0) is 24.1 Å². The van der Waals surface area contributed by atoms with Crippen LogP contribution in [0.2, 0.25) is 0 Å². The van der Waals surface area contributed by atoms with Crippen molar-refractivity contribution in [2.75, 3.05) is 13.2 Å². The molecule has 186 valence electrons. The van der Waals surface area contributed by atoms with Crippen LogP contribution < -0.4 is 4.74 Å². The Bertz CT molecular complexity index is 757. The van der Waals surface area contributed by atoms with Gasteiger partial charge in [-0.15, -0.1) is 0 Å². The summed E-state index contributed by atoms with van der Waals surface area (Å²) in [6.07, 6.45) is 1.79. The molecule has 33 heavy (non-hydrogen) atoms. The summed E-state index contributed by atoms with van der Waals surface area (Å²) in [7, 11) is 0. The van der Waals surface area contributed by atoms with E-state index in [2.05, 4.69) is 0 Å². The number of rotatable bonds is 6. The number of cyclic esters (lactones) is 1. The van der Waals surface area contributed by atoms with E-state index in [0.717, 1.165) is 29.4 Å². The summed E-state index contributed by atoms with van der Waals surface area (Å²) < 4.78 is 35.2. The average molecular weight is 468 g/mol. The first-order valence-corrected chi connectivity index (χ1v) is 11.6. The van der Waals surface area contributed by atoms with Gasteiger partial charge in [0.1, 0.15) is 18.5 Å². The van der Waals surface area contributed by atoms with Crippen LogP contribution in [-0.2, 0) is 9.53 Å². The Labute approximate surface area is 197 Å². The topological polar surface area (TPSA) is 55.8 Å². The van der Waals surface area contributed by atoms with E-state index < -0.39 is 17.7 Å². The van der Waals surface area contributed by atoms with Crippen molar-refractivity contribution in [1.29, 1.82) is 0 Å². The molecular formula is C26H39F2NO4. The minimum Gasteiger partial charge on any atom is -0.491 e. The van der Waals surface area contributed by atoms with Gasteiger partial charge in [0.15, 0.2) is 11.6 Å². The number of carbonyl (C=O) groups excluding carboxylic acids is 2. The number of hydrogen-bond acceptors (Lipinski definition) is 4. The zero-order valence-electron chi connectivity index (χ0n) is 20.9. The van der Waals surface area contributed by atoms with E-state index in [9.17, 15) is 18.4 Å². The van der Waals surface area contributed by atoms with Crippen LogP contribution in [0.3, 0.4) is 0 Å². The number of carbonyl (C=O) groups is 2. The van der Waals surface area contributed by atoms with Crippen molar-refractivity contribution in [3.8, 4) is 5.75 Å². The summed E-state index contributed by atoms with van der Waals surface area (Å²) >= 11 is 0. The van der Waals surface area contributed by atoms with Crippen LogP contribution in [0, 0.1) is 11.6 Å². The van der Waals surface area contributed by atoms with Gasteiger partial charge < -0.3 is 9.47 Å². The Kier molecular flexibility index (Phi) is 20.4. The van der Waals surface area contributed by atoms with Crippen LogP contribution in [0.5, 0.6) is 5.75 Å². The van der Waals surface area contributed by atoms with E-state index in [0.29, 0.717) is 13.0 Å². The molecule has 1 saturated heterocycles. The van der Waals surface area contributed by atoms with Gasteiger partial charge in [0, 0.05) is 6.07 Å². The van der Waals surface area contributed by atoms with E-state index in [1.807, 2.05) is 78.8 Å². The minimum absolute atomic E-state index is 0.120. The molecule has 1 aliphatic heterocycles. The van der Waals surface area contributed by atoms with Crippen molar-refractivity contribution < 1.29 is 27.8 Å². The molecule has 0 N–H and O–H groups in total. The second-order valence-corrected chi connectivity index (χ2v) is 5.79. The number of unbranched alkanes of at least 4 members (excludes halogenated alkanes) is 1. The Morgan fingerprint density at radius 3 is 2.15 bits per heavy atom. The first kappa shape index (κ1) is 32.2. The third-order valence-electron chi connectivity index (χ3n) is 3.86. The van der Waals surface area contributed by atoms with E-state index in [4.69, 9.17) is 9.47 Å². The molecule has 0 spiro atoms. The van der Waals surface area contributed by atoms with E-state index in [-0.39, 0.29) is 18.4 Å². The highest BCUT2D eigenvalue weighted by Crippen LogP contribution is 2.25. The Morgan fingerprint density at radius 2 is 1.64 bits per heavy atom. The van der Waals surface area contributed by atoms with Crippen LogP contribution in [0.15, 0.2) is 48.5 Å². The highest BCUT2D eigenvalue weighted by molar-refractivity contribution is 5.82. The second kappa shape index (κ2) is 20.9. The molecule has 7 heteroatoms. The largest absolute Gasteiger partial charge is 0.491 e. The number of benzene rings is 2. The Hall–Kier alpha value is -2.96. The van der Waals surface area contributed by atoms with Gasteiger partial charge in [-0.25, -0.2) is 18.5 Å². The van der Waals surface area contributed by atoms with Gasteiger partial charge >= 0.3 is 6.09 Å². The van der Waals surface area contributed by atoms with Gasteiger partial charge in [-0.3, -0.25) is 4.79 Å². The molecule has 1 fully saturated rings. The predicted molar refractivity (Wildman–Crippen MR) is 129 cm³/mol. The lowest BCUT2D eigenvalue weighted by Crippen LogP contribution is -2.25. The third kappa shape index (κ3) is 12.0. The SMILES string of the molecule is CC.CC.CC.CCCCOc1ccc(F)cc1F.O=CN1C(=O)OCC1c1ccccc1. The molecule has 2 aromatic carbocycles. The smallest absolute Gasteiger partial charge is 0.417 e. The molecule has 0 saturated carbocycles. The molecule has 0 aliphatic carbocycles. The molecular weight excluding hydrogens is 428 g/mol. The Morgan fingerprint density at radius 1 is 1.03 bits per heavy atom. The maximum Gasteiger partial charge on any atom is 0.417 e. The molecule has 2 amide bonds. The zero-order valence-corrected chi connectivity index (χ0v) is 20.9. The van der Waals surface area contributed by atoms with Gasteiger partial charge in [0.25, 0.3) is 0 Å². The summed E-state index contributed by atoms with van der Waals surface area (Å²) in [5.41, 5.74) is 0.908. The van der Waals surface area contributed by atoms with Crippen molar-refractivity contribution >= 4 is 12.5 Å². The summed E-state index contributed by atoms with van der Waals surface area (Å²) in [6, 6.07) is 12.4. The quantitative estimate of drug-likeness (QED) is 0.325. The van der Waals surface area contributed by atoms with Crippen LogP contribution in [0.1, 0.15) is 72.9 Å². The van der Waals surface area contributed by atoms with Crippen molar-refractivity contribution in [3.63, 3.8) is 0 Å². The van der Waals surface area contributed by atoms with Crippen molar-refractivity contribution in [1.82, 2.24) is 4.90 Å². The highest BCUT2D eigenvalue weighted by Gasteiger charge is 2.33. The van der Waals surface area contributed by atoms with Gasteiger partial charge in [-0.2, -0.15) is 0 Å². The summed E-state index contributed by atoms with van der Waals surface area (Å²) in [4.78, 5) is 22.8. The van der Waals surface area contributed by atoms with Crippen LogP contribution >= 0.6 is 0 Å². The monoisotopic (exact) mass is 467 g/mol. The fourth-order valence-corrected chi connectivity index (χ4v) is 2.40. The summed E-state index contributed by atoms with van der Waals surface area (Å²) in [6.45, 7) is 14.7. The van der Waals surface area contributed by atoms with Crippen molar-refractivity contribution in [2.45, 2.75) is 67.3 Å². The standard InChI is InChI=1S/C10H12F2O.C10H9NO3.3C2H6/c1-2-3-6-13-10-5-4-8(11)7-9(10)12;12-7-11-9(6-14-10(11)13)8-4-2-1-3-5-8;3*1-2/h4-5,7H,2-3,6H2,1H3;1-5,7,9H,6H2;3*1-2H3. The molecule has 0 radical (unpaired) electrons. The van der Waals surface area contributed by atoms with E-state index in [1.165, 1.54) is 12.1 Å². The Balaban J connectivity index is 0. The van der Waals surface area contributed by atoms with Crippen molar-refractivity contribution in [2.24, 2.45) is 0 Å². The number of imide groups is 1. The molecule has 0 aromatic heterocycles. The normalized spacial score (nSPS) is 13.3. The molecule has 5 nitrogen and oxygen atoms in total.